The summed E-state index contributed by atoms with van der Waals surface area (Å²) in [6.07, 6.45) is 10.7. The smallest absolute Gasteiger partial charge is 0.108 e. The van der Waals surface area contributed by atoms with Crippen molar-refractivity contribution in [2.75, 3.05) is 0 Å². The highest BCUT2D eigenvalue weighted by atomic mass is 16.3. The number of aliphatic hydroxyl groups excluding tert-OH is 1. The quantitative estimate of drug-likeness (QED) is 0.352. The van der Waals surface area contributed by atoms with E-state index in [9.17, 15) is 0 Å². The van der Waals surface area contributed by atoms with Gasteiger partial charge in [0.15, 0.2) is 0 Å². The Kier molecular flexibility index (Phi) is 9.10. The third-order valence-electron chi connectivity index (χ3n) is 3.37. The predicted molar refractivity (Wildman–Crippen MR) is 104 cm³/mol. The summed E-state index contributed by atoms with van der Waals surface area (Å²) >= 11 is 0. The van der Waals surface area contributed by atoms with Crippen molar-refractivity contribution in [3.8, 4) is 0 Å². The minimum Gasteiger partial charge on any atom is -0.509 e. The molecule has 0 aromatic carbocycles. The van der Waals surface area contributed by atoms with Crippen molar-refractivity contribution < 1.29 is 5.11 Å². The Labute approximate surface area is 141 Å². The molecule has 0 aromatic heterocycles. The van der Waals surface area contributed by atoms with Crippen LogP contribution >= 0.6 is 0 Å². The van der Waals surface area contributed by atoms with Crippen LogP contribution < -0.4 is 0 Å². The zero-order valence-corrected chi connectivity index (χ0v) is 14.5. The van der Waals surface area contributed by atoms with E-state index in [1.165, 1.54) is 6.08 Å². The van der Waals surface area contributed by atoms with Crippen molar-refractivity contribution in [3.05, 3.63) is 109 Å². The average molecular weight is 308 g/mol. The van der Waals surface area contributed by atoms with E-state index >= 15 is 0 Å². The average Bonchev–Trinajstić information content (AvgIpc) is 2.53. The van der Waals surface area contributed by atoms with Crippen molar-refractivity contribution in [2.24, 2.45) is 0 Å². The molecule has 0 saturated carbocycles. The predicted octanol–water partition coefficient (Wildman–Crippen LogP) is 6.70. The molecule has 1 heteroatoms. The van der Waals surface area contributed by atoms with Gasteiger partial charge in [0.2, 0.25) is 0 Å². The first-order chi connectivity index (χ1) is 10.7. The molecule has 0 saturated heterocycles. The van der Waals surface area contributed by atoms with E-state index in [1.54, 1.807) is 6.08 Å². The summed E-state index contributed by atoms with van der Waals surface area (Å²) in [5.41, 5.74) is 5.26. The van der Waals surface area contributed by atoms with Crippen LogP contribution in [0.15, 0.2) is 109 Å². The second kappa shape index (κ2) is 10.2. The lowest BCUT2D eigenvalue weighted by Crippen LogP contribution is -1.92. The van der Waals surface area contributed by atoms with Crippen LogP contribution in [0.5, 0.6) is 0 Å². The molecule has 0 aliphatic carbocycles. The van der Waals surface area contributed by atoms with Crippen LogP contribution in [-0.2, 0) is 0 Å². The molecule has 0 fully saturated rings. The Morgan fingerprint density at radius 1 is 0.739 bits per heavy atom. The molecule has 0 amide bonds. The molecule has 122 valence electrons. The summed E-state index contributed by atoms with van der Waals surface area (Å²) in [7, 11) is 0. The topological polar surface area (TPSA) is 20.2 Å². The molecule has 0 atom stereocenters. The number of hydrogen-bond acceptors (Lipinski definition) is 1. The van der Waals surface area contributed by atoms with Gasteiger partial charge in [-0.15, -0.1) is 0 Å². The highest BCUT2D eigenvalue weighted by Gasteiger charge is 2.04. The zero-order chi connectivity index (χ0) is 18.0. The molecule has 0 aromatic rings. The number of allylic oxidation sites excluding steroid dienone is 11. The van der Waals surface area contributed by atoms with Crippen molar-refractivity contribution in [2.45, 2.75) is 26.7 Å². The summed E-state index contributed by atoms with van der Waals surface area (Å²) in [5.74, 6) is -0.0138. The standard InChI is InChI=1S/C22H28O/c1-9-16(3)11-12-17(4)19(6)15-22(10-2)21(8)18(5)13-14-20(7)23/h11-15,23H,3-10H2,1-2H3/b12-11-,14-13-,22-15-. The van der Waals surface area contributed by atoms with Gasteiger partial charge >= 0.3 is 0 Å². The van der Waals surface area contributed by atoms with Gasteiger partial charge in [-0.1, -0.05) is 83.2 Å². The Bertz CT molecular complexity index is 618. The van der Waals surface area contributed by atoms with Gasteiger partial charge in [0.25, 0.3) is 0 Å². The van der Waals surface area contributed by atoms with Gasteiger partial charge in [-0.3, -0.25) is 0 Å². The Morgan fingerprint density at radius 2 is 1.30 bits per heavy atom. The molecule has 0 rings (SSSR count). The van der Waals surface area contributed by atoms with Crippen LogP contribution in [0.1, 0.15) is 26.7 Å². The highest BCUT2D eigenvalue weighted by molar-refractivity contribution is 5.54. The molecule has 0 radical (unpaired) electrons. The van der Waals surface area contributed by atoms with E-state index in [4.69, 9.17) is 5.11 Å². The van der Waals surface area contributed by atoms with Gasteiger partial charge < -0.3 is 5.11 Å². The Morgan fingerprint density at radius 3 is 1.78 bits per heavy atom. The first-order valence-corrected chi connectivity index (χ1v) is 7.61. The lowest BCUT2D eigenvalue weighted by molar-refractivity contribution is 0.435. The first-order valence-electron chi connectivity index (χ1n) is 7.61. The highest BCUT2D eigenvalue weighted by Crippen LogP contribution is 2.23. The third kappa shape index (κ3) is 7.87. The van der Waals surface area contributed by atoms with Crippen LogP contribution in [-0.4, -0.2) is 5.11 Å². The minimum atomic E-state index is -0.0138. The summed E-state index contributed by atoms with van der Waals surface area (Å²) in [4.78, 5) is 0. The van der Waals surface area contributed by atoms with Gasteiger partial charge in [-0.2, -0.15) is 0 Å². The normalized spacial score (nSPS) is 11.7. The molecule has 0 spiro atoms. The van der Waals surface area contributed by atoms with Crippen LogP contribution in [0.3, 0.4) is 0 Å². The van der Waals surface area contributed by atoms with Gasteiger partial charge in [0.1, 0.15) is 5.76 Å². The van der Waals surface area contributed by atoms with Gasteiger partial charge in [-0.25, -0.2) is 0 Å². The summed E-state index contributed by atoms with van der Waals surface area (Å²) in [6.45, 7) is 27.6. The number of rotatable bonds is 10. The fourth-order valence-electron chi connectivity index (χ4n) is 1.65. The van der Waals surface area contributed by atoms with E-state index in [0.29, 0.717) is 0 Å². The molecule has 23 heavy (non-hydrogen) atoms. The molecular weight excluding hydrogens is 280 g/mol. The zero-order valence-electron chi connectivity index (χ0n) is 14.5. The molecular formula is C22H28O. The number of aliphatic hydroxyl groups is 1. The molecule has 0 unspecified atom stereocenters. The van der Waals surface area contributed by atoms with Crippen molar-refractivity contribution in [1.29, 1.82) is 0 Å². The SMILES string of the molecule is C=C(O)/C=C\C(=C)C(=C)/C(=C\C(=C)C(=C)/C=C\C(=C)CC)CC. The molecule has 0 aliphatic heterocycles. The molecule has 0 aliphatic rings. The van der Waals surface area contributed by atoms with E-state index in [1.807, 2.05) is 25.2 Å². The van der Waals surface area contributed by atoms with Crippen LogP contribution in [0, 0.1) is 0 Å². The largest absolute Gasteiger partial charge is 0.509 e. The lowest BCUT2D eigenvalue weighted by atomic mass is 9.94. The van der Waals surface area contributed by atoms with Crippen molar-refractivity contribution in [3.63, 3.8) is 0 Å². The molecule has 0 bridgehead atoms. The first kappa shape index (κ1) is 20.5. The van der Waals surface area contributed by atoms with Crippen LogP contribution in [0.4, 0.5) is 0 Å². The number of hydrogen-bond donors (Lipinski definition) is 1. The molecule has 1 nitrogen and oxygen atoms in total. The summed E-state index contributed by atoms with van der Waals surface area (Å²) in [6, 6.07) is 0. The third-order valence-corrected chi connectivity index (χ3v) is 3.37. The van der Waals surface area contributed by atoms with E-state index in [-0.39, 0.29) is 5.76 Å². The van der Waals surface area contributed by atoms with Gasteiger partial charge in [-0.05, 0) is 46.8 Å². The van der Waals surface area contributed by atoms with Crippen LogP contribution in [0.2, 0.25) is 0 Å². The van der Waals surface area contributed by atoms with Crippen molar-refractivity contribution >= 4 is 0 Å². The fourth-order valence-corrected chi connectivity index (χ4v) is 1.65. The van der Waals surface area contributed by atoms with E-state index < -0.39 is 0 Å². The monoisotopic (exact) mass is 308 g/mol. The Balaban J connectivity index is 5.15. The lowest BCUT2D eigenvalue weighted by Gasteiger charge is -2.11. The van der Waals surface area contributed by atoms with Gasteiger partial charge in [0, 0.05) is 0 Å². The summed E-state index contributed by atoms with van der Waals surface area (Å²) in [5, 5.41) is 9.11. The maximum atomic E-state index is 9.11. The maximum Gasteiger partial charge on any atom is 0.108 e. The maximum absolute atomic E-state index is 9.11. The summed E-state index contributed by atoms with van der Waals surface area (Å²) < 4.78 is 0. The minimum absolute atomic E-state index is 0.0138. The van der Waals surface area contributed by atoms with Gasteiger partial charge in [0.05, 0.1) is 0 Å². The van der Waals surface area contributed by atoms with E-state index in [2.05, 4.69) is 46.4 Å². The second-order valence-electron chi connectivity index (χ2n) is 5.25. The van der Waals surface area contributed by atoms with Crippen molar-refractivity contribution in [1.82, 2.24) is 0 Å². The van der Waals surface area contributed by atoms with Crippen LogP contribution in [0.25, 0.3) is 0 Å². The Hall–Kier alpha value is -2.54. The molecule has 0 heterocycles. The molecule has 1 N–H and O–H groups in total. The van der Waals surface area contributed by atoms with E-state index in [0.717, 1.165) is 46.3 Å². The second-order valence-corrected chi connectivity index (χ2v) is 5.25. The fraction of sp³-hybridized carbons (Fsp3) is 0.182.